The van der Waals surface area contributed by atoms with Crippen LogP contribution in [0.15, 0.2) is 0 Å². The third-order valence-corrected chi connectivity index (χ3v) is 5.39. The molecule has 0 aromatic rings. The summed E-state index contributed by atoms with van der Waals surface area (Å²) in [7, 11) is -2.94. The van der Waals surface area contributed by atoms with E-state index in [1.54, 1.807) is 20.8 Å². The minimum absolute atomic E-state index is 0.296. The molecule has 0 aliphatic carbocycles. The molecule has 84 valence electrons. The van der Waals surface area contributed by atoms with Crippen molar-refractivity contribution < 1.29 is 13.2 Å². The number of hydrogen-bond acceptors (Lipinski definition) is 3. The molecule has 0 N–H and O–H groups in total. The van der Waals surface area contributed by atoms with Crippen molar-refractivity contribution in [3.8, 4) is 0 Å². The summed E-state index contributed by atoms with van der Waals surface area (Å²) in [5.74, 6) is 0.747. The number of hydrogen-bond donors (Lipinski definition) is 0. The van der Waals surface area contributed by atoms with Gasteiger partial charge in [-0.3, -0.25) is 0 Å². The van der Waals surface area contributed by atoms with E-state index >= 15 is 0 Å². The van der Waals surface area contributed by atoms with E-state index in [0.717, 1.165) is 26.1 Å². The molecule has 0 aromatic carbocycles. The SMILES string of the molecule is CC(C)(C)S(=O)(=O)CCC1CCOC1. The van der Waals surface area contributed by atoms with Gasteiger partial charge in [0.15, 0.2) is 9.84 Å². The van der Waals surface area contributed by atoms with Crippen molar-refractivity contribution in [3.05, 3.63) is 0 Å². The van der Waals surface area contributed by atoms with Gasteiger partial charge in [0.1, 0.15) is 0 Å². The van der Waals surface area contributed by atoms with Crippen LogP contribution in [0, 0.1) is 5.92 Å². The van der Waals surface area contributed by atoms with Crippen LogP contribution in [0.3, 0.4) is 0 Å². The Morgan fingerprint density at radius 3 is 2.43 bits per heavy atom. The zero-order chi connectivity index (χ0) is 10.8. The molecule has 0 spiro atoms. The maximum Gasteiger partial charge on any atom is 0.155 e. The van der Waals surface area contributed by atoms with Crippen molar-refractivity contribution in [2.24, 2.45) is 5.92 Å². The van der Waals surface area contributed by atoms with E-state index in [9.17, 15) is 8.42 Å². The molecule has 1 aliphatic heterocycles. The highest BCUT2D eigenvalue weighted by Crippen LogP contribution is 2.22. The van der Waals surface area contributed by atoms with Crippen LogP contribution in [-0.4, -0.2) is 32.1 Å². The van der Waals surface area contributed by atoms with Crippen LogP contribution in [0.25, 0.3) is 0 Å². The molecule has 1 atom stereocenters. The number of sulfone groups is 1. The molecule has 0 radical (unpaired) electrons. The Morgan fingerprint density at radius 1 is 1.36 bits per heavy atom. The minimum Gasteiger partial charge on any atom is -0.381 e. The molecule has 1 saturated heterocycles. The van der Waals surface area contributed by atoms with Gasteiger partial charge in [0.05, 0.1) is 10.5 Å². The van der Waals surface area contributed by atoms with Gasteiger partial charge in [-0.1, -0.05) is 0 Å². The number of ether oxygens (including phenoxy) is 1. The summed E-state index contributed by atoms with van der Waals surface area (Å²) in [4.78, 5) is 0. The predicted octanol–water partition coefficient (Wildman–Crippen LogP) is 1.63. The lowest BCUT2D eigenvalue weighted by atomic mass is 10.1. The Kier molecular flexibility index (Phi) is 3.58. The Morgan fingerprint density at radius 2 is 2.00 bits per heavy atom. The summed E-state index contributed by atoms with van der Waals surface area (Å²) in [6.45, 7) is 6.80. The summed E-state index contributed by atoms with van der Waals surface area (Å²) >= 11 is 0. The molecule has 0 amide bonds. The fraction of sp³-hybridized carbons (Fsp3) is 1.00. The van der Waals surface area contributed by atoms with Gasteiger partial charge in [-0.2, -0.15) is 0 Å². The minimum atomic E-state index is -2.94. The van der Waals surface area contributed by atoms with Crippen LogP contribution in [0.2, 0.25) is 0 Å². The molecule has 14 heavy (non-hydrogen) atoms. The van der Waals surface area contributed by atoms with Crippen LogP contribution >= 0.6 is 0 Å². The Labute approximate surface area is 86.8 Å². The van der Waals surface area contributed by atoms with Crippen LogP contribution in [0.4, 0.5) is 0 Å². The summed E-state index contributed by atoms with van der Waals surface area (Å²) in [6, 6.07) is 0. The maximum absolute atomic E-state index is 11.8. The molecule has 1 aliphatic rings. The third-order valence-electron chi connectivity index (χ3n) is 2.75. The summed E-state index contributed by atoms with van der Waals surface area (Å²) < 4.78 is 28.1. The number of rotatable bonds is 3. The first-order valence-electron chi connectivity index (χ1n) is 5.13. The van der Waals surface area contributed by atoms with Crippen molar-refractivity contribution in [1.82, 2.24) is 0 Å². The van der Waals surface area contributed by atoms with Gasteiger partial charge < -0.3 is 4.74 Å². The predicted molar refractivity (Wildman–Crippen MR) is 57.1 cm³/mol. The average molecular weight is 220 g/mol. The lowest BCUT2D eigenvalue weighted by Crippen LogP contribution is -2.31. The molecular formula is C10H20O3S. The normalized spacial score (nSPS) is 24.1. The quantitative estimate of drug-likeness (QED) is 0.726. The van der Waals surface area contributed by atoms with E-state index in [2.05, 4.69) is 0 Å². The summed E-state index contributed by atoms with van der Waals surface area (Å²) in [6.07, 6.45) is 1.76. The smallest absolute Gasteiger partial charge is 0.155 e. The molecule has 3 nitrogen and oxygen atoms in total. The monoisotopic (exact) mass is 220 g/mol. The van der Waals surface area contributed by atoms with Crippen LogP contribution < -0.4 is 0 Å². The Hall–Kier alpha value is -0.0900. The lowest BCUT2D eigenvalue weighted by Gasteiger charge is -2.19. The fourth-order valence-corrected chi connectivity index (χ4v) is 2.70. The van der Waals surface area contributed by atoms with Gasteiger partial charge in [0.2, 0.25) is 0 Å². The van der Waals surface area contributed by atoms with E-state index in [-0.39, 0.29) is 0 Å². The van der Waals surface area contributed by atoms with E-state index in [1.807, 2.05) is 0 Å². The van der Waals surface area contributed by atoms with Gasteiger partial charge in [0.25, 0.3) is 0 Å². The van der Waals surface area contributed by atoms with Gasteiger partial charge in [-0.15, -0.1) is 0 Å². The van der Waals surface area contributed by atoms with E-state index in [4.69, 9.17) is 4.74 Å². The van der Waals surface area contributed by atoms with Crippen LogP contribution in [0.5, 0.6) is 0 Å². The molecule has 4 heteroatoms. The van der Waals surface area contributed by atoms with Gasteiger partial charge in [0, 0.05) is 13.2 Å². The molecule has 1 heterocycles. The Balaban J connectivity index is 2.44. The molecular weight excluding hydrogens is 200 g/mol. The van der Waals surface area contributed by atoms with Crippen molar-refractivity contribution in [2.45, 2.75) is 38.4 Å². The van der Waals surface area contributed by atoms with Crippen LogP contribution in [0.1, 0.15) is 33.6 Å². The largest absolute Gasteiger partial charge is 0.381 e. The molecule has 0 saturated carbocycles. The first-order valence-corrected chi connectivity index (χ1v) is 6.78. The fourth-order valence-electron chi connectivity index (χ4n) is 1.44. The van der Waals surface area contributed by atoms with Crippen molar-refractivity contribution in [1.29, 1.82) is 0 Å². The second-order valence-corrected chi connectivity index (χ2v) is 7.81. The van der Waals surface area contributed by atoms with Gasteiger partial charge in [-0.25, -0.2) is 8.42 Å². The first-order chi connectivity index (χ1) is 6.33. The molecule has 1 rings (SSSR count). The molecule has 1 fully saturated rings. The highest BCUT2D eigenvalue weighted by atomic mass is 32.2. The second-order valence-electron chi connectivity index (χ2n) is 4.95. The van der Waals surface area contributed by atoms with E-state index in [0.29, 0.717) is 11.7 Å². The molecule has 0 aromatic heterocycles. The van der Waals surface area contributed by atoms with Gasteiger partial charge >= 0.3 is 0 Å². The standard InChI is InChI=1S/C10H20O3S/c1-10(2,3)14(11,12)7-5-9-4-6-13-8-9/h9H,4-8H2,1-3H3. The average Bonchev–Trinajstić information content (AvgIpc) is 2.50. The van der Waals surface area contributed by atoms with Crippen molar-refractivity contribution in [3.63, 3.8) is 0 Å². The Bertz CT molecular complexity index is 268. The van der Waals surface area contributed by atoms with E-state index in [1.165, 1.54) is 0 Å². The molecule has 1 unspecified atom stereocenters. The zero-order valence-corrected chi connectivity index (χ0v) is 10.1. The summed E-state index contributed by atoms with van der Waals surface area (Å²) in [5.41, 5.74) is 0. The maximum atomic E-state index is 11.8. The van der Waals surface area contributed by atoms with E-state index < -0.39 is 14.6 Å². The molecule has 0 bridgehead atoms. The first kappa shape index (κ1) is 12.0. The lowest BCUT2D eigenvalue weighted by molar-refractivity contribution is 0.185. The summed E-state index contributed by atoms with van der Waals surface area (Å²) in [5, 5.41) is 0. The van der Waals surface area contributed by atoms with Crippen molar-refractivity contribution >= 4 is 9.84 Å². The highest BCUT2D eigenvalue weighted by molar-refractivity contribution is 7.92. The van der Waals surface area contributed by atoms with Crippen molar-refractivity contribution in [2.75, 3.05) is 19.0 Å². The zero-order valence-electron chi connectivity index (χ0n) is 9.25. The topological polar surface area (TPSA) is 43.4 Å². The van der Waals surface area contributed by atoms with Crippen LogP contribution in [-0.2, 0) is 14.6 Å². The third kappa shape index (κ3) is 2.95. The van der Waals surface area contributed by atoms with Gasteiger partial charge in [-0.05, 0) is 39.5 Å². The second kappa shape index (κ2) is 4.19. The highest BCUT2D eigenvalue weighted by Gasteiger charge is 2.29.